The summed E-state index contributed by atoms with van der Waals surface area (Å²) in [5, 5.41) is 3.66. The first-order valence-electron chi connectivity index (χ1n) is 8.65. The molecule has 5 heteroatoms. The molecule has 3 fully saturated rings. The molecule has 1 N–H and O–H groups in total. The summed E-state index contributed by atoms with van der Waals surface area (Å²) in [5.41, 5.74) is 0. The molecule has 120 valence electrons. The van der Waals surface area contributed by atoms with Gasteiger partial charge in [0, 0.05) is 57.0 Å². The molecule has 2 heterocycles. The van der Waals surface area contributed by atoms with Gasteiger partial charge in [-0.3, -0.25) is 9.69 Å². The molecular formula is C16H29N3OS. The van der Waals surface area contributed by atoms with Crippen LogP contribution >= 0.6 is 11.8 Å². The highest BCUT2D eigenvalue weighted by Crippen LogP contribution is 2.26. The summed E-state index contributed by atoms with van der Waals surface area (Å²) in [6, 6.07) is 0.736. The van der Waals surface area contributed by atoms with Gasteiger partial charge in [0.15, 0.2) is 0 Å². The van der Waals surface area contributed by atoms with Gasteiger partial charge in [-0.1, -0.05) is 12.8 Å². The molecule has 3 aliphatic rings. The summed E-state index contributed by atoms with van der Waals surface area (Å²) < 4.78 is 0. The number of rotatable bonds is 5. The van der Waals surface area contributed by atoms with E-state index in [9.17, 15) is 4.79 Å². The van der Waals surface area contributed by atoms with Gasteiger partial charge >= 0.3 is 0 Å². The SMILES string of the molecule is O=C(C1CCCC1)N1CCN(CCN[C@@H]2CCSC2)CC1. The third-order valence-electron chi connectivity index (χ3n) is 5.18. The van der Waals surface area contributed by atoms with Gasteiger partial charge in [-0.2, -0.15) is 11.8 Å². The van der Waals surface area contributed by atoms with Crippen LogP contribution in [0.15, 0.2) is 0 Å². The van der Waals surface area contributed by atoms with Gasteiger partial charge < -0.3 is 10.2 Å². The van der Waals surface area contributed by atoms with E-state index in [0.29, 0.717) is 11.8 Å². The molecule has 1 atom stereocenters. The first kappa shape index (κ1) is 15.6. The minimum absolute atomic E-state index is 0.345. The monoisotopic (exact) mass is 311 g/mol. The Bertz CT molecular complexity index is 332. The number of amides is 1. The van der Waals surface area contributed by atoms with E-state index >= 15 is 0 Å². The molecule has 0 radical (unpaired) electrons. The zero-order chi connectivity index (χ0) is 14.5. The van der Waals surface area contributed by atoms with E-state index in [4.69, 9.17) is 0 Å². The molecule has 1 amide bonds. The first-order valence-corrected chi connectivity index (χ1v) is 9.80. The quantitative estimate of drug-likeness (QED) is 0.833. The van der Waals surface area contributed by atoms with Crippen LogP contribution in [0, 0.1) is 5.92 Å². The highest BCUT2D eigenvalue weighted by atomic mass is 32.2. The molecule has 0 spiro atoms. The van der Waals surface area contributed by atoms with Crippen LogP contribution in [-0.2, 0) is 4.79 Å². The fourth-order valence-corrected chi connectivity index (χ4v) is 4.93. The van der Waals surface area contributed by atoms with Crippen molar-refractivity contribution in [1.29, 1.82) is 0 Å². The minimum Gasteiger partial charge on any atom is -0.340 e. The van der Waals surface area contributed by atoms with E-state index in [1.807, 2.05) is 0 Å². The van der Waals surface area contributed by atoms with Crippen LogP contribution in [0.5, 0.6) is 0 Å². The van der Waals surface area contributed by atoms with E-state index in [0.717, 1.165) is 58.2 Å². The number of piperazine rings is 1. The number of thioether (sulfide) groups is 1. The molecule has 0 aromatic rings. The van der Waals surface area contributed by atoms with Gasteiger partial charge in [0.2, 0.25) is 5.91 Å². The number of nitrogens with zero attached hydrogens (tertiary/aromatic N) is 2. The Hall–Kier alpha value is -0.260. The van der Waals surface area contributed by atoms with Crippen molar-refractivity contribution >= 4 is 17.7 Å². The Morgan fingerprint density at radius 2 is 1.86 bits per heavy atom. The maximum Gasteiger partial charge on any atom is 0.225 e. The van der Waals surface area contributed by atoms with Gasteiger partial charge in [0.05, 0.1) is 0 Å². The number of carbonyl (C=O) groups excluding carboxylic acids is 1. The van der Waals surface area contributed by atoms with Crippen LogP contribution in [0.25, 0.3) is 0 Å². The topological polar surface area (TPSA) is 35.6 Å². The smallest absolute Gasteiger partial charge is 0.225 e. The molecule has 1 saturated carbocycles. The summed E-state index contributed by atoms with van der Waals surface area (Å²) >= 11 is 2.06. The molecule has 0 unspecified atom stereocenters. The standard InChI is InChI=1S/C16H29N3OS/c20-16(14-3-1-2-4-14)19-10-8-18(9-11-19)7-6-17-15-5-12-21-13-15/h14-15,17H,1-13H2/t15-/m1/s1. The van der Waals surface area contributed by atoms with Gasteiger partial charge in [-0.05, 0) is 25.0 Å². The molecule has 21 heavy (non-hydrogen) atoms. The average Bonchev–Trinajstić information content (AvgIpc) is 3.21. The molecular weight excluding hydrogens is 282 g/mol. The predicted molar refractivity (Wildman–Crippen MR) is 88.7 cm³/mol. The van der Waals surface area contributed by atoms with E-state index in [1.165, 1.54) is 30.8 Å². The zero-order valence-electron chi connectivity index (χ0n) is 13.1. The van der Waals surface area contributed by atoms with Crippen molar-refractivity contribution in [2.24, 2.45) is 5.92 Å². The highest BCUT2D eigenvalue weighted by Gasteiger charge is 2.29. The molecule has 1 aliphatic carbocycles. The Kier molecular flexibility index (Phi) is 5.83. The number of hydrogen-bond donors (Lipinski definition) is 1. The summed E-state index contributed by atoms with van der Waals surface area (Å²) in [7, 11) is 0. The zero-order valence-corrected chi connectivity index (χ0v) is 13.9. The molecule has 2 aliphatic heterocycles. The predicted octanol–water partition coefficient (Wildman–Crippen LogP) is 1.42. The summed E-state index contributed by atoms with van der Waals surface area (Å²) in [6.07, 6.45) is 6.09. The summed E-state index contributed by atoms with van der Waals surface area (Å²) in [6.45, 7) is 6.22. The van der Waals surface area contributed by atoms with Crippen molar-refractivity contribution in [2.45, 2.75) is 38.1 Å². The normalized spacial score (nSPS) is 28.4. The Morgan fingerprint density at radius 3 is 2.52 bits per heavy atom. The van der Waals surface area contributed by atoms with Gasteiger partial charge in [-0.25, -0.2) is 0 Å². The largest absolute Gasteiger partial charge is 0.340 e. The Labute approximate surface area is 133 Å². The van der Waals surface area contributed by atoms with Gasteiger partial charge in [0.1, 0.15) is 0 Å². The number of nitrogens with one attached hydrogen (secondary N) is 1. The lowest BCUT2D eigenvalue weighted by Gasteiger charge is -2.36. The fourth-order valence-electron chi connectivity index (χ4n) is 3.75. The number of carbonyl (C=O) groups is 1. The number of hydrogen-bond acceptors (Lipinski definition) is 4. The Morgan fingerprint density at radius 1 is 1.10 bits per heavy atom. The van der Waals surface area contributed by atoms with Crippen LogP contribution in [0.3, 0.4) is 0 Å². The van der Waals surface area contributed by atoms with E-state index in [1.54, 1.807) is 0 Å². The van der Waals surface area contributed by atoms with Crippen molar-refractivity contribution in [2.75, 3.05) is 50.8 Å². The van der Waals surface area contributed by atoms with Gasteiger partial charge in [-0.15, -0.1) is 0 Å². The second-order valence-corrected chi connectivity index (χ2v) is 7.81. The third-order valence-corrected chi connectivity index (χ3v) is 6.34. The van der Waals surface area contributed by atoms with Crippen LogP contribution in [0.1, 0.15) is 32.1 Å². The average molecular weight is 311 g/mol. The van der Waals surface area contributed by atoms with Crippen LogP contribution in [0.2, 0.25) is 0 Å². The Balaban J connectivity index is 1.31. The van der Waals surface area contributed by atoms with Crippen molar-refractivity contribution < 1.29 is 4.79 Å². The second-order valence-electron chi connectivity index (χ2n) is 6.66. The lowest BCUT2D eigenvalue weighted by molar-refractivity contribution is -0.137. The molecule has 3 rings (SSSR count). The lowest BCUT2D eigenvalue weighted by Crippen LogP contribution is -2.51. The molecule has 4 nitrogen and oxygen atoms in total. The molecule has 0 aromatic heterocycles. The van der Waals surface area contributed by atoms with Crippen molar-refractivity contribution in [3.63, 3.8) is 0 Å². The van der Waals surface area contributed by atoms with Crippen molar-refractivity contribution in [1.82, 2.24) is 15.1 Å². The van der Waals surface area contributed by atoms with Gasteiger partial charge in [0.25, 0.3) is 0 Å². The first-order chi connectivity index (χ1) is 10.3. The summed E-state index contributed by atoms with van der Waals surface area (Å²) in [5.74, 6) is 3.38. The van der Waals surface area contributed by atoms with Crippen LogP contribution < -0.4 is 5.32 Å². The third kappa shape index (κ3) is 4.36. The lowest BCUT2D eigenvalue weighted by atomic mass is 10.1. The summed E-state index contributed by atoms with van der Waals surface area (Å²) in [4.78, 5) is 17.0. The second kappa shape index (κ2) is 7.84. The van der Waals surface area contributed by atoms with Crippen molar-refractivity contribution in [3.8, 4) is 0 Å². The fraction of sp³-hybridized carbons (Fsp3) is 0.938. The van der Waals surface area contributed by atoms with E-state index in [2.05, 4.69) is 26.9 Å². The van der Waals surface area contributed by atoms with Crippen LogP contribution in [0.4, 0.5) is 0 Å². The minimum atomic E-state index is 0.345. The molecule has 0 bridgehead atoms. The maximum absolute atomic E-state index is 12.4. The maximum atomic E-state index is 12.4. The van der Waals surface area contributed by atoms with Crippen molar-refractivity contribution in [3.05, 3.63) is 0 Å². The molecule has 0 aromatic carbocycles. The highest BCUT2D eigenvalue weighted by molar-refractivity contribution is 7.99. The van der Waals surface area contributed by atoms with E-state index < -0.39 is 0 Å². The van der Waals surface area contributed by atoms with E-state index in [-0.39, 0.29) is 0 Å². The molecule has 2 saturated heterocycles. The van der Waals surface area contributed by atoms with Crippen LogP contribution in [-0.4, -0.2) is 72.5 Å².